The van der Waals surface area contributed by atoms with E-state index in [9.17, 15) is 4.79 Å². The first-order valence-electron chi connectivity index (χ1n) is 8.76. The lowest BCUT2D eigenvalue weighted by Gasteiger charge is -2.21. The molecule has 2 N–H and O–H groups in total. The van der Waals surface area contributed by atoms with Crippen molar-refractivity contribution in [2.45, 2.75) is 32.2 Å². The molecule has 2 amide bonds. The number of anilines is 2. The van der Waals surface area contributed by atoms with Crippen molar-refractivity contribution in [2.75, 3.05) is 23.3 Å². The monoisotopic (exact) mass is 357 g/mol. The highest BCUT2D eigenvalue weighted by molar-refractivity contribution is 6.30. The fourth-order valence-electron chi connectivity index (χ4n) is 3.10. The molecule has 25 heavy (non-hydrogen) atoms. The van der Waals surface area contributed by atoms with Crippen LogP contribution in [0.25, 0.3) is 0 Å². The van der Waals surface area contributed by atoms with Gasteiger partial charge in [0.2, 0.25) is 0 Å². The largest absolute Gasteiger partial charge is 0.372 e. The van der Waals surface area contributed by atoms with Gasteiger partial charge in [-0.15, -0.1) is 0 Å². The molecule has 132 valence electrons. The standard InChI is InChI=1S/C20H24ClN3O/c1-3-24(4-2)18-11-9-17(10-12-18)22-19(25)23-20(13-14-20)15-5-7-16(21)8-6-15/h5-12H,3-4,13-14H2,1-2H3,(H2,22,23,25). The maximum atomic E-state index is 12.4. The molecule has 2 aromatic carbocycles. The van der Waals surface area contributed by atoms with Crippen LogP contribution in [0.5, 0.6) is 0 Å². The van der Waals surface area contributed by atoms with Crippen LogP contribution in [0.3, 0.4) is 0 Å². The van der Waals surface area contributed by atoms with Crippen molar-refractivity contribution in [3.05, 3.63) is 59.1 Å². The molecule has 5 heteroatoms. The third-order valence-corrected chi connectivity index (χ3v) is 5.01. The minimum Gasteiger partial charge on any atom is -0.372 e. The number of urea groups is 1. The van der Waals surface area contributed by atoms with E-state index >= 15 is 0 Å². The van der Waals surface area contributed by atoms with Crippen molar-refractivity contribution in [1.82, 2.24) is 5.32 Å². The number of hydrogen-bond acceptors (Lipinski definition) is 2. The number of carbonyl (C=O) groups excluding carboxylic acids is 1. The molecule has 0 spiro atoms. The summed E-state index contributed by atoms with van der Waals surface area (Å²) in [5.74, 6) is 0. The molecule has 1 fully saturated rings. The first-order valence-corrected chi connectivity index (χ1v) is 9.14. The highest BCUT2D eigenvalue weighted by Crippen LogP contribution is 2.45. The summed E-state index contributed by atoms with van der Waals surface area (Å²) < 4.78 is 0. The zero-order valence-electron chi connectivity index (χ0n) is 14.7. The van der Waals surface area contributed by atoms with Gasteiger partial charge in [0.25, 0.3) is 0 Å². The number of nitrogens with one attached hydrogen (secondary N) is 2. The van der Waals surface area contributed by atoms with Gasteiger partial charge in [-0.05, 0) is 68.7 Å². The van der Waals surface area contributed by atoms with Crippen LogP contribution in [0, 0.1) is 0 Å². The van der Waals surface area contributed by atoms with Crippen molar-refractivity contribution in [3.8, 4) is 0 Å². The Morgan fingerprint density at radius 1 is 1.04 bits per heavy atom. The normalized spacial score (nSPS) is 14.7. The number of hydrogen-bond donors (Lipinski definition) is 2. The number of rotatable bonds is 6. The molecule has 1 aliphatic rings. The van der Waals surface area contributed by atoms with Crippen molar-refractivity contribution >= 4 is 29.0 Å². The van der Waals surface area contributed by atoms with Gasteiger partial charge in [-0.2, -0.15) is 0 Å². The Morgan fingerprint density at radius 2 is 1.64 bits per heavy atom. The first kappa shape index (κ1) is 17.6. The molecule has 0 saturated heterocycles. The Morgan fingerprint density at radius 3 is 2.16 bits per heavy atom. The summed E-state index contributed by atoms with van der Waals surface area (Å²) in [5.41, 5.74) is 2.80. The SMILES string of the molecule is CCN(CC)c1ccc(NC(=O)NC2(c3ccc(Cl)cc3)CC2)cc1. The lowest BCUT2D eigenvalue weighted by Crippen LogP contribution is -2.38. The van der Waals surface area contributed by atoms with Crippen LogP contribution in [0.15, 0.2) is 48.5 Å². The number of nitrogens with zero attached hydrogens (tertiary/aromatic N) is 1. The van der Waals surface area contributed by atoms with E-state index in [0.29, 0.717) is 5.02 Å². The predicted octanol–water partition coefficient (Wildman–Crippen LogP) is 5.00. The van der Waals surface area contributed by atoms with Gasteiger partial charge < -0.3 is 15.5 Å². The van der Waals surface area contributed by atoms with E-state index in [1.165, 1.54) is 0 Å². The second-order valence-corrected chi connectivity index (χ2v) is 6.82. The summed E-state index contributed by atoms with van der Waals surface area (Å²) in [6.45, 7) is 6.20. The fraction of sp³-hybridized carbons (Fsp3) is 0.350. The summed E-state index contributed by atoms with van der Waals surface area (Å²) >= 11 is 5.95. The van der Waals surface area contributed by atoms with Crippen LogP contribution in [0.1, 0.15) is 32.3 Å². The zero-order chi connectivity index (χ0) is 17.9. The van der Waals surface area contributed by atoms with Crippen molar-refractivity contribution in [3.63, 3.8) is 0 Å². The predicted molar refractivity (Wildman–Crippen MR) is 105 cm³/mol. The van der Waals surface area contributed by atoms with Gasteiger partial charge in [0.05, 0.1) is 5.54 Å². The van der Waals surface area contributed by atoms with Crippen LogP contribution in [-0.2, 0) is 5.54 Å². The van der Waals surface area contributed by atoms with Gasteiger partial charge in [-0.25, -0.2) is 4.79 Å². The Bertz CT molecular complexity index is 720. The minimum absolute atomic E-state index is 0.178. The van der Waals surface area contributed by atoms with E-state index in [1.54, 1.807) is 0 Å². The molecule has 0 heterocycles. The minimum atomic E-state index is -0.254. The molecule has 0 aromatic heterocycles. The van der Waals surface area contributed by atoms with Gasteiger partial charge in [0, 0.05) is 29.5 Å². The maximum Gasteiger partial charge on any atom is 0.319 e. The Hall–Kier alpha value is -2.20. The second kappa shape index (κ2) is 7.36. The molecule has 0 unspecified atom stereocenters. The van der Waals surface area contributed by atoms with E-state index in [4.69, 9.17) is 11.6 Å². The fourth-order valence-corrected chi connectivity index (χ4v) is 3.23. The Kier molecular flexibility index (Phi) is 5.19. The number of halogens is 1. The lowest BCUT2D eigenvalue weighted by molar-refractivity contribution is 0.247. The average Bonchev–Trinajstić information content (AvgIpc) is 3.38. The quantitative estimate of drug-likeness (QED) is 0.764. The van der Waals surface area contributed by atoms with Gasteiger partial charge >= 0.3 is 6.03 Å². The summed E-state index contributed by atoms with van der Waals surface area (Å²) in [6, 6.07) is 15.5. The van der Waals surface area contributed by atoms with E-state index in [0.717, 1.165) is 42.9 Å². The smallest absolute Gasteiger partial charge is 0.319 e. The van der Waals surface area contributed by atoms with E-state index in [-0.39, 0.29) is 11.6 Å². The third-order valence-electron chi connectivity index (χ3n) is 4.75. The van der Waals surface area contributed by atoms with Gasteiger partial charge in [0.15, 0.2) is 0 Å². The molecule has 0 atom stereocenters. The molecule has 0 aliphatic heterocycles. The number of carbonyl (C=O) groups is 1. The molecule has 0 radical (unpaired) electrons. The van der Waals surface area contributed by atoms with Gasteiger partial charge in [-0.1, -0.05) is 23.7 Å². The summed E-state index contributed by atoms with van der Waals surface area (Å²) in [7, 11) is 0. The molecule has 3 rings (SSSR count). The van der Waals surface area contributed by atoms with Crippen molar-refractivity contribution in [2.24, 2.45) is 0 Å². The first-order chi connectivity index (χ1) is 12.1. The highest BCUT2D eigenvalue weighted by Gasteiger charge is 2.45. The third kappa shape index (κ3) is 4.07. The Balaban J connectivity index is 1.62. The molecule has 1 aliphatic carbocycles. The van der Waals surface area contributed by atoms with Gasteiger partial charge in [-0.3, -0.25) is 0 Å². The summed E-state index contributed by atoms with van der Waals surface area (Å²) in [5, 5.41) is 6.74. The molecular weight excluding hydrogens is 334 g/mol. The molecule has 0 bridgehead atoms. The van der Waals surface area contributed by atoms with Crippen LogP contribution in [0.4, 0.5) is 16.2 Å². The van der Waals surface area contributed by atoms with E-state index in [1.807, 2.05) is 48.5 Å². The lowest BCUT2D eigenvalue weighted by atomic mass is 10.1. The summed E-state index contributed by atoms with van der Waals surface area (Å²) in [4.78, 5) is 14.6. The molecule has 4 nitrogen and oxygen atoms in total. The average molecular weight is 358 g/mol. The second-order valence-electron chi connectivity index (χ2n) is 6.39. The maximum absolute atomic E-state index is 12.4. The van der Waals surface area contributed by atoms with Gasteiger partial charge in [0.1, 0.15) is 0 Å². The molecule has 1 saturated carbocycles. The van der Waals surface area contributed by atoms with E-state index in [2.05, 4.69) is 29.4 Å². The highest BCUT2D eigenvalue weighted by atomic mass is 35.5. The van der Waals surface area contributed by atoms with Crippen LogP contribution in [0.2, 0.25) is 5.02 Å². The van der Waals surface area contributed by atoms with E-state index < -0.39 is 0 Å². The Labute approximate surface area is 154 Å². The van der Waals surface area contributed by atoms with Crippen molar-refractivity contribution < 1.29 is 4.79 Å². The zero-order valence-corrected chi connectivity index (χ0v) is 15.4. The van der Waals surface area contributed by atoms with Crippen LogP contribution in [-0.4, -0.2) is 19.1 Å². The molecule has 2 aromatic rings. The topological polar surface area (TPSA) is 44.4 Å². The van der Waals surface area contributed by atoms with Crippen LogP contribution < -0.4 is 15.5 Å². The molecular formula is C20H24ClN3O. The number of benzene rings is 2. The number of amides is 2. The summed E-state index contributed by atoms with van der Waals surface area (Å²) in [6.07, 6.45) is 1.89. The van der Waals surface area contributed by atoms with Crippen LogP contribution >= 0.6 is 11.6 Å². The van der Waals surface area contributed by atoms with Crippen molar-refractivity contribution in [1.29, 1.82) is 0 Å².